The van der Waals surface area contributed by atoms with Crippen LogP contribution in [-0.4, -0.2) is 25.6 Å². The van der Waals surface area contributed by atoms with Crippen molar-refractivity contribution >= 4 is 30.1 Å². The number of guanidine groups is 1. The van der Waals surface area contributed by atoms with Gasteiger partial charge in [0.15, 0.2) is 5.96 Å². The first kappa shape index (κ1) is 21.2. The van der Waals surface area contributed by atoms with Gasteiger partial charge in [-0.3, -0.25) is 10.3 Å². The van der Waals surface area contributed by atoms with Crippen LogP contribution in [0.5, 0.6) is 0 Å². The third kappa shape index (κ3) is 7.88. The number of para-hydroxylation sites is 1. The highest BCUT2D eigenvalue weighted by molar-refractivity contribution is 6.02. The maximum Gasteiger partial charge on any atom is 0.326 e. The average Bonchev–Trinajstić information content (AvgIpc) is 2.49. The quantitative estimate of drug-likeness (QED) is 0.416. The molecule has 0 aliphatic carbocycles. The van der Waals surface area contributed by atoms with E-state index in [1.807, 2.05) is 32.0 Å². The molecule has 130 valence electrons. The number of nitrogens with one attached hydrogen (secondary N) is 3. The lowest BCUT2D eigenvalue weighted by atomic mass is 10.1. The predicted molar refractivity (Wildman–Crippen MR) is 101 cm³/mol. The fourth-order valence-electron chi connectivity index (χ4n) is 2.20. The molecular weight excluding hydrogens is 312 g/mol. The van der Waals surface area contributed by atoms with Crippen LogP contribution in [0.3, 0.4) is 0 Å². The van der Waals surface area contributed by atoms with Gasteiger partial charge in [0, 0.05) is 19.3 Å². The lowest BCUT2D eigenvalue weighted by Crippen LogP contribution is -2.43. The number of carbonyl (C=O) groups excluding carboxylic acids is 1. The molecule has 0 saturated heterocycles. The van der Waals surface area contributed by atoms with E-state index < -0.39 is 0 Å². The number of hydrogen-bond acceptors (Lipinski definition) is 2. The minimum atomic E-state index is -0.279. The summed E-state index contributed by atoms with van der Waals surface area (Å²) in [5.41, 5.74) is 2.92. The Morgan fingerprint density at radius 2 is 1.78 bits per heavy atom. The van der Waals surface area contributed by atoms with E-state index in [1.54, 1.807) is 7.05 Å². The minimum absolute atomic E-state index is 0. The molecule has 1 rings (SSSR count). The Bertz CT molecular complexity index is 497. The molecule has 0 aliphatic rings. The topological polar surface area (TPSA) is 65.5 Å². The fourth-order valence-corrected chi connectivity index (χ4v) is 2.20. The van der Waals surface area contributed by atoms with Crippen molar-refractivity contribution in [2.24, 2.45) is 4.99 Å². The average molecular weight is 341 g/mol. The number of rotatable bonds is 6. The summed E-state index contributed by atoms with van der Waals surface area (Å²) in [5.74, 6) is 0.500. The van der Waals surface area contributed by atoms with Crippen LogP contribution >= 0.6 is 12.4 Å². The minimum Gasteiger partial charge on any atom is -0.356 e. The van der Waals surface area contributed by atoms with Crippen molar-refractivity contribution in [1.82, 2.24) is 10.6 Å². The van der Waals surface area contributed by atoms with Gasteiger partial charge >= 0.3 is 6.03 Å². The number of anilines is 1. The highest BCUT2D eigenvalue weighted by Crippen LogP contribution is 2.18. The van der Waals surface area contributed by atoms with Crippen LogP contribution in [-0.2, 0) is 0 Å². The number of carbonyl (C=O) groups is 1. The zero-order valence-electron chi connectivity index (χ0n) is 14.5. The van der Waals surface area contributed by atoms with Crippen LogP contribution in [0.15, 0.2) is 23.2 Å². The van der Waals surface area contributed by atoms with E-state index in [2.05, 4.69) is 27.9 Å². The molecule has 0 atom stereocenters. The smallest absolute Gasteiger partial charge is 0.326 e. The molecule has 0 aliphatic heterocycles. The third-order valence-electron chi connectivity index (χ3n) is 3.50. The molecule has 0 saturated carbocycles. The number of amides is 2. The first-order valence-electron chi connectivity index (χ1n) is 7.93. The number of aryl methyl sites for hydroxylation is 2. The van der Waals surface area contributed by atoms with Crippen LogP contribution in [0.2, 0.25) is 0 Å². The van der Waals surface area contributed by atoms with Gasteiger partial charge in [0.2, 0.25) is 0 Å². The summed E-state index contributed by atoms with van der Waals surface area (Å²) < 4.78 is 0. The second-order valence-corrected chi connectivity index (χ2v) is 5.41. The van der Waals surface area contributed by atoms with Crippen molar-refractivity contribution < 1.29 is 4.79 Å². The Labute approximate surface area is 145 Å². The molecule has 5 nitrogen and oxygen atoms in total. The summed E-state index contributed by atoms with van der Waals surface area (Å²) in [4.78, 5) is 16.1. The lowest BCUT2D eigenvalue weighted by molar-refractivity contribution is 0.256. The number of hydrogen-bond donors (Lipinski definition) is 3. The predicted octanol–water partition coefficient (Wildman–Crippen LogP) is 4.00. The number of benzene rings is 1. The van der Waals surface area contributed by atoms with Gasteiger partial charge in [0.25, 0.3) is 0 Å². The lowest BCUT2D eigenvalue weighted by Gasteiger charge is -2.14. The van der Waals surface area contributed by atoms with E-state index in [0.29, 0.717) is 5.96 Å². The molecule has 1 aromatic rings. The highest BCUT2D eigenvalue weighted by atomic mass is 35.5. The zero-order chi connectivity index (χ0) is 16.4. The van der Waals surface area contributed by atoms with Crippen molar-refractivity contribution in [3.05, 3.63) is 29.3 Å². The molecule has 0 unspecified atom stereocenters. The molecule has 0 radical (unpaired) electrons. The Hall–Kier alpha value is -1.75. The Morgan fingerprint density at radius 3 is 2.35 bits per heavy atom. The molecule has 0 spiro atoms. The summed E-state index contributed by atoms with van der Waals surface area (Å²) in [6.45, 7) is 6.95. The fraction of sp³-hybridized carbons (Fsp3) is 0.529. The van der Waals surface area contributed by atoms with Crippen LogP contribution in [0, 0.1) is 13.8 Å². The molecule has 23 heavy (non-hydrogen) atoms. The van der Waals surface area contributed by atoms with Crippen molar-refractivity contribution in [3.63, 3.8) is 0 Å². The van der Waals surface area contributed by atoms with Crippen molar-refractivity contribution in [2.75, 3.05) is 18.9 Å². The van der Waals surface area contributed by atoms with E-state index in [4.69, 9.17) is 0 Å². The van der Waals surface area contributed by atoms with Crippen LogP contribution in [0.4, 0.5) is 10.5 Å². The maximum absolute atomic E-state index is 12.1. The van der Waals surface area contributed by atoms with Gasteiger partial charge in [0.1, 0.15) is 0 Å². The van der Waals surface area contributed by atoms with E-state index in [1.165, 1.54) is 19.3 Å². The largest absolute Gasteiger partial charge is 0.356 e. The van der Waals surface area contributed by atoms with Crippen LogP contribution < -0.4 is 16.0 Å². The third-order valence-corrected chi connectivity index (χ3v) is 3.50. The summed E-state index contributed by atoms with van der Waals surface area (Å²) in [7, 11) is 1.66. The summed E-state index contributed by atoms with van der Waals surface area (Å²) in [5, 5.41) is 8.78. The van der Waals surface area contributed by atoms with Gasteiger partial charge in [-0.15, -0.1) is 12.4 Å². The first-order valence-corrected chi connectivity index (χ1v) is 7.93. The van der Waals surface area contributed by atoms with Gasteiger partial charge in [0.05, 0.1) is 0 Å². The number of urea groups is 1. The van der Waals surface area contributed by atoms with Crippen molar-refractivity contribution in [1.29, 1.82) is 0 Å². The Balaban J connectivity index is 0.00000484. The summed E-state index contributed by atoms with van der Waals surface area (Å²) in [6.07, 6.45) is 4.72. The number of unbranched alkanes of at least 4 members (excludes halogenated alkanes) is 3. The molecule has 0 bridgehead atoms. The number of halogens is 1. The summed E-state index contributed by atoms with van der Waals surface area (Å²) in [6, 6.07) is 5.65. The second kappa shape index (κ2) is 11.8. The maximum atomic E-state index is 12.1. The normalized spacial score (nSPS) is 10.7. The molecule has 1 aromatic carbocycles. The SMILES string of the molecule is CCCCCCNC(=NC)NC(=O)Nc1c(C)cccc1C.Cl. The van der Waals surface area contributed by atoms with Crippen LogP contribution in [0.1, 0.15) is 43.7 Å². The number of aliphatic imine (C=N–C) groups is 1. The van der Waals surface area contributed by atoms with Crippen molar-refractivity contribution in [3.8, 4) is 0 Å². The van der Waals surface area contributed by atoms with Gasteiger partial charge in [-0.1, -0.05) is 44.4 Å². The molecule has 2 amide bonds. The molecule has 0 aromatic heterocycles. The zero-order valence-corrected chi connectivity index (χ0v) is 15.3. The van der Waals surface area contributed by atoms with Gasteiger partial charge in [-0.25, -0.2) is 4.79 Å². The standard InChI is InChI=1S/C17H28N4O.ClH/c1-5-6-7-8-12-19-16(18-4)21-17(22)20-15-13(2)10-9-11-14(15)3;/h9-11H,5-8,12H2,1-4H3,(H3,18,19,20,21,22);1H. The monoisotopic (exact) mass is 340 g/mol. The first-order chi connectivity index (χ1) is 10.6. The van der Waals surface area contributed by atoms with Crippen LogP contribution in [0.25, 0.3) is 0 Å². The van der Waals surface area contributed by atoms with E-state index >= 15 is 0 Å². The highest BCUT2D eigenvalue weighted by Gasteiger charge is 2.08. The molecule has 0 heterocycles. The Morgan fingerprint density at radius 1 is 1.13 bits per heavy atom. The number of nitrogens with zero attached hydrogens (tertiary/aromatic N) is 1. The summed E-state index contributed by atoms with van der Waals surface area (Å²) >= 11 is 0. The van der Waals surface area contributed by atoms with E-state index in [0.717, 1.165) is 29.8 Å². The Kier molecular flexibility index (Phi) is 10.9. The van der Waals surface area contributed by atoms with E-state index in [9.17, 15) is 4.79 Å². The molecule has 3 N–H and O–H groups in total. The molecule has 6 heteroatoms. The molecule has 0 fully saturated rings. The van der Waals surface area contributed by atoms with Gasteiger partial charge in [-0.2, -0.15) is 0 Å². The van der Waals surface area contributed by atoms with Gasteiger partial charge < -0.3 is 10.6 Å². The molecular formula is C17H29ClN4O. The van der Waals surface area contributed by atoms with E-state index in [-0.39, 0.29) is 18.4 Å². The van der Waals surface area contributed by atoms with Crippen molar-refractivity contribution in [2.45, 2.75) is 46.5 Å². The van der Waals surface area contributed by atoms with Gasteiger partial charge in [-0.05, 0) is 31.4 Å². The second-order valence-electron chi connectivity index (χ2n) is 5.41.